The third kappa shape index (κ3) is 3.54. The standard InChI is InChI=1S/C20H26N2O2/c1-13(2)20-17-7-6-16(11-15(17)9-10-21-20)24-12-18-19(23-4)8-5-14(3)22-18/h5-8,11,13,20-21H,9-10,12H2,1-4H3. The second-order valence-corrected chi connectivity index (χ2v) is 6.68. The van der Waals surface area contributed by atoms with Crippen LogP contribution < -0.4 is 14.8 Å². The maximum absolute atomic E-state index is 5.99. The van der Waals surface area contributed by atoms with Crippen LogP contribution in [-0.4, -0.2) is 18.6 Å². The predicted molar refractivity (Wildman–Crippen MR) is 95.6 cm³/mol. The van der Waals surface area contributed by atoms with E-state index < -0.39 is 0 Å². The van der Waals surface area contributed by atoms with Crippen LogP contribution in [0.25, 0.3) is 0 Å². The van der Waals surface area contributed by atoms with Gasteiger partial charge < -0.3 is 14.8 Å². The number of ether oxygens (including phenoxy) is 2. The van der Waals surface area contributed by atoms with Crippen LogP contribution in [0.15, 0.2) is 30.3 Å². The van der Waals surface area contributed by atoms with Gasteiger partial charge in [0.2, 0.25) is 0 Å². The molecule has 3 rings (SSSR count). The molecule has 0 spiro atoms. The number of nitrogens with zero attached hydrogens (tertiary/aromatic N) is 1. The molecule has 1 aromatic heterocycles. The van der Waals surface area contributed by atoms with E-state index in [0.29, 0.717) is 18.6 Å². The Kier molecular flexibility index (Phi) is 5.05. The lowest BCUT2D eigenvalue weighted by molar-refractivity contribution is 0.289. The zero-order valence-corrected chi connectivity index (χ0v) is 14.9. The molecule has 1 N–H and O–H groups in total. The molecule has 0 fully saturated rings. The van der Waals surface area contributed by atoms with Crippen LogP contribution in [0.1, 0.15) is 42.4 Å². The topological polar surface area (TPSA) is 43.4 Å². The van der Waals surface area contributed by atoms with E-state index in [1.54, 1.807) is 7.11 Å². The van der Waals surface area contributed by atoms with Gasteiger partial charge in [-0.25, -0.2) is 0 Å². The highest BCUT2D eigenvalue weighted by Gasteiger charge is 2.22. The smallest absolute Gasteiger partial charge is 0.143 e. The summed E-state index contributed by atoms with van der Waals surface area (Å²) >= 11 is 0. The van der Waals surface area contributed by atoms with E-state index in [1.165, 1.54) is 11.1 Å². The SMILES string of the molecule is COc1ccc(C)nc1COc1ccc2c(c1)CCNC2C(C)C. The Labute approximate surface area is 144 Å². The zero-order chi connectivity index (χ0) is 17.1. The number of nitrogens with one attached hydrogen (secondary N) is 1. The molecular formula is C20H26N2O2. The fraction of sp³-hybridized carbons (Fsp3) is 0.450. The monoisotopic (exact) mass is 326 g/mol. The largest absolute Gasteiger partial charge is 0.495 e. The molecule has 1 atom stereocenters. The van der Waals surface area contributed by atoms with Crippen molar-refractivity contribution in [2.75, 3.05) is 13.7 Å². The van der Waals surface area contributed by atoms with Crippen molar-refractivity contribution in [3.8, 4) is 11.5 Å². The highest BCUT2D eigenvalue weighted by molar-refractivity contribution is 5.39. The van der Waals surface area contributed by atoms with Gasteiger partial charge in [-0.05, 0) is 61.2 Å². The number of aromatic nitrogens is 1. The molecule has 0 saturated heterocycles. The van der Waals surface area contributed by atoms with Gasteiger partial charge in [0.25, 0.3) is 0 Å². The van der Waals surface area contributed by atoms with Gasteiger partial charge in [0.15, 0.2) is 0 Å². The van der Waals surface area contributed by atoms with Crippen molar-refractivity contribution in [1.29, 1.82) is 0 Å². The number of methoxy groups -OCH3 is 1. The summed E-state index contributed by atoms with van der Waals surface area (Å²) in [5.41, 5.74) is 4.58. The molecule has 0 amide bonds. The van der Waals surface area contributed by atoms with Crippen LogP contribution in [0.3, 0.4) is 0 Å². The Hall–Kier alpha value is -2.07. The van der Waals surface area contributed by atoms with Crippen LogP contribution in [0.2, 0.25) is 0 Å². The maximum Gasteiger partial charge on any atom is 0.143 e. The lowest BCUT2D eigenvalue weighted by atomic mass is 9.88. The lowest BCUT2D eigenvalue weighted by Gasteiger charge is -2.30. The van der Waals surface area contributed by atoms with Gasteiger partial charge in [-0.3, -0.25) is 4.98 Å². The van der Waals surface area contributed by atoms with Crippen molar-refractivity contribution in [2.24, 2.45) is 5.92 Å². The van der Waals surface area contributed by atoms with Crippen LogP contribution in [0.4, 0.5) is 0 Å². The minimum atomic E-state index is 0.412. The fourth-order valence-electron chi connectivity index (χ4n) is 3.30. The number of rotatable bonds is 5. The van der Waals surface area contributed by atoms with Crippen molar-refractivity contribution in [3.05, 3.63) is 52.8 Å². The molecular weight excluding hydrogens is 300 g/mol. The minimum absolute atomic E-state index is 0.412. The van der Waals surface area contributed by atoms with Crippen molar-refractivity contribution >= 4 is 0 Å². The van der Waals surface area contributed by atoms with E-state index in [-0.39, 0.29) is 0 Å². The first-order valence-electron chi connectivity index (χ1n) is 8.58. The molecule has 4 heteroatoms. The van der Waals surface area contributed by atoms with Crippen molar-refractivity contribution in [2.45, 2.75) is 39.8 Å². The Balaban J connectivity index is 1.76. The Bertz CT molecular complexity index is 713. The first-order chi connectivity index (χ1) is 11.6. The van der Waals surface area contributed by atoms with Gasteiger partial charge in [-0.15, -0.1) is 0 Å². The minimum Gasteiger partial charge on any atom is -0.495 e. The van der Waals surface area contributed by atoms with Gasteiger partial charge in [0.05, 0.1) is 7.11 Å². The number of aryl methyl sites for hydroxylation is 1. The molecule has 2 aromatic rings. The molecule has 128 valence electrons. The van der Waals surface area contributed by atoms with E-state index >= 15 is 0 Å². The van der Waals surface area contributed by atoms with Crippen molar-refractivity contribution in [1.82, 2.24) is 10.3 Å². The Morgan fingerprint density at radius 3 is 2.83 bits per heavy atom. The average Bonchev–Trinajstić information content (AvgIpc) is 2.59. The maximum atomic E-state index is 5.99. The zero-order valence-electron chi connectivity index (χ0n) is 14.9. The summed E-state index contributed by atoms with van der Waals surface area (Å²) in [4.78, 5) is 4.52. The highest BCUT2D eigenvalue weighted by atomic mass is 16.5. The van der Waals surface area contributed by atoms with Crippen LogP contribution in [0, 0.1) is 12.8 Å². The second kappa shape index (κ2) is 7.22. The van der Waals surface area contributed by atoms with E-state index in [9.17, 15) is 0 Å². The molecule has 1 aliphatic heterocycles. The second-order valence-electron chi connectivity index (χ2n) is 6.68. The Morgan fingerprint density at radius 2 is 2.08 bits per heavy atom. The van der Waals surface area contributed by atoms with Gasteiger partial charge in [0, 0.05) is 11.7 Å². The number of fused-ring (bicyclic) bond motifs is 1. The van der Waals surface area contributed by atoms with E-state index in [0.717, 1.165) is 35.9 Å². The fourth-order valence-corrected chi connectivity index (χ4v) is 3.30. The number of hydrogen-bond donors (Lipinski definition) is 1. The van der Waals surface area contributed by atoms with E-state index in [2.05, 4.69) is 42.3 Å². The summed E-state index contributed by atoms with van der Waals surface area (Å²) in [6.45, 7) is 7.92. The Morgan fingerprint density at radius 1 is 1.25 bits per heavy atom. The van der Waals surface area contributed by atoms with Gasteiger partial charge in [-0.1, -0.05) is 19.9 Å². The highest BCUT2D eigenvalue weighted by Crippen LogP contribution is 2.31. The quantitative estimate of drug-likeness (QED) is 0.907. The number of benzene rings is 1. The van der Waals surface area contributed by atoms with Crippen LogP contribution in [-0.2, 0) is 13.0 Å². The summed E-state index contributed by atoms with van der Waals surface area (Å²) in [5, 5.41) is 3.61. The summed E-state index contributed by atoms with van der Waals surface area (Å²) in [6.07, 6.45) is 1.04. The van der Waals surface area contributed by atoms with E-state index in [4.69, 9.17) is 9.47 Å². The van der Waals surface area contributed by atoms with Crippen molar-refractivity contribution in [3.63, 3.8) is 0 Å². The third-order valence-corrected chi connectivity index (χ3v) is 4.54. The predicted octanol–water partition coefficient (Wildman–Crippen LogP) is 3.82. The molecule has 2 heterocycles. The van der Waals surface area contributed by atoms with Crippen molar-refractivity contribution < 1.29 is 9.47 Å². The summed E-state index contributed by atoms with van der Waals surface area (Å²) in [5.74, 6) is 2.24. The summed E-state index contributed by atoms with van der Waals surface area (Å²) < 4.78 is 11.4. The first kappa shape index (κ1) is 16.8. The molecule has 1 unspecified atom stereocenters. The summed E-state index contributed by atoms with van der Waals surface area (Å²) in [7, 11) is 1.66. The molecule has 0 saturated carbocycles. The van der Waals surface area contributed by atoms with Crippen LogP contribution >= 0.6 is 0 Å². The lowest BCUT2D eigenvalue weighted by Crippen LogP contribution is -2.32. The molecule has 0 aliphatic carbocycles. The van der Waals surface area contributed by atoms with Gasteiger partial charge in [0.1, 0.15) is 23.8 Å². The molecule has 0 bridgehead atoms. The first-order valence-corrected chi connectivity index (χ1v) is 8.58. The average molecular weight is 326 g/mol. The molecule has 24 heavy (non-hydrogen) atoms. The number of hydrogen-bond acceptors (Lipinski definition) is 4. The number of pyridine rings is 1. The molecule has 1 aliphatic rings. The van der Waals surface area contributed by atoms with Crippen LogP contribution in [0.5, 0.6) is 11.5 Å². The normalized spacial score (nSPS) is 16.8. The molecule has 4 nitrogen and oxygen atoms in total. The molecule has 1 aromatic carbocycles. The van der Waals surface area contributed by atoms with E-state index in [1.807, 2.05) is 19.1 Å². The van der Waals surface area contributed by atoms with Gasteiger partial charge in [-0.2, -0.15) is 0 Å². The summed E-state index contributed by atoms with van der Waals surface area (Å²) in [6, 6.07) is 10.7. The third-order valence-electron chi connectivity index (χ3n) is 4.54. The van der Waals surface area contributed by atoms with Gasteiger partial charge >= 0.3 is 0 Å². The molecule has 0 radical (unpaired) electrons.